The van der Waals surface area contributed by atoms with Crippen LogP contribution in [0.15, 0.2) is 76.7 Å². The number of hydrogen-bond acceptors (Lipinski definition) is 4. The van der Waals surface area contributed by atoms with Crippen LogP contribution in [0.25, 0.3) is 16.6 Å². The van der Waals surface area contributed by atoms with Crippen molar-refractivity contribution in [2.24, 2.45) is 0 Å². The Kier molecular flexibility index (Phi) is 6.43. The summed E-state index contributed by atoms with van der Waals surface area (Å²) in [4.78, 5) is 30.6. The second-order valence-corrected chi connectivity index (χ2v) is 9.30. The molecule has 156 valence electrons. The summed E-state index contributed by atoms with van der Waals surface area (Å²) < 4.78 is 2.72. The van der Waals surface area contributed by atoms with Crippen molar-refractivity contribution < 1.29 is 4.79 Å². The van der Waals surface area contributed by atoms with Crippen molar-refractivity contribution in [2.75, 3.05) is 11.1 Å². The van der Waals surface area contributed by atoms with Crippen LogP contribution < -0.4 is 10.9 Å². The molecule has 0 saturated heterocycles. The minimum atomic E-state index is -0.152. The van der Waals surface area contributed by atoms with Crippen LogP contribution in [0, 0.1) is 17.4 Å². The lowest BCUT2D eigenvalue weighted by Crippen LogP contribution is -2.23. The minimum absolute atomic E-state index is 0.139. The van der Waals surface area contributed by atoms with E-state index in [1.165, 1.54) is 11.8 Å². The number of nitrogens with one attached hydrogen (secondary N) is 1. The van der Waals surface area contributed by atoms with E-state index in [0.29, 0.717) is 16.1 Å². The maximum atomic E-state index is 13.4. The van der Waals surface area contributed by atoms with Gasteiger partial charge in [0, 0.05) is 9.26 Å². The van der Waals surface area contributed by atoms with Crippen LogP contribution in [0.3, 0.4) is 0 Å². The van der Waals surface area contributed by atoms with Crippen LogP contribution in [0.1, 0.15) is 11.1 Å². The predicted molar refractivity (Wildman–Crippen MR) is 135 cm³/mol. The van der Waals surface area contributed by atoms with Crippen LogP contribution in [0.5, 0.6) is 0 Å². The van der Waals surface area contributed by atoms with Crippen molar-refractivity contribution in [1.82, 2.24) is 9.55 Å². The van der Waals surface area contributed by atoms with Gasteiger partial charge in [-0.15, -0.1) is 0 Å². The Morgan fingerprint density at radius 1 is 1.03 bits per heavy atom. The number of amides is 1. The highest BCUT2D eigenvalue weighted by molar-refractivity contribution is 14.1. The maximum Gasteiger partial charge on any atom is 0.266 e. The molecule has 7 heteroatoms. The summed E-state index contributed by atoms with van der Waals surface area (Å²) >= 11 is 3.48. The van der Waals surface area contributed by atoms with Gasteiger partial charge in [0.2, 0.25) is 5.91 Å². The average Bonchev–Trinajstić information content (AvgIpc) is 2.76. The lowest BCUT2D eigenvalue weighted by atomic mass is 10.1. The number of fused-ring (bicyclic) bond motifs is 1. The van der Waals surface area contributed by atoms with Crippen LogP contribution in [-0.2, 0) is 4.79 Å². The van der Waals surface area contributed by atoms with E-state index in [1.807, 2.05) is 74.5 Å². The van der Waals surface area contributed by atoms with Gasteiger partial charge in [-0.2, -0.15) is 0 Å². The number of nitrogens with zero attached hydrogens (tertiary/aromatic N) is 2. The molecule has 4 rings (SSSR count). The molecule has 0 aliphatic heterocycles. The molecule has 0 atom stereocenters. The number of halogens is 1. The first-order chi connectivity index (χ1) is 14.9. The number of rotatable bonds is 5. The van der Waals surface area contributed by atoms with Crippen molar-refractivity contribution >= 4 is 56.9 Å². The zero-order valence-electron chi connectivity index (χ0n) is 17.1. The van der Waals surface area contributed by atoms with E-state index in [4.69, 9.17) is 4.98 Å². The highest BCUT2D eigenvalue weighted by Gasteiger charge is 2.16. The Hall–Kier alpha value is -2.65. The van der Waals surface area contributed by atoms with Crippen LogP contribution in [0.2, 0.25) is 0 Å². The van der Waals surface area contributed by atoms with E-state index in [1.54, 1.807) is 10.6 Å². The molecule has 0 saturated carbocycles. The van der Waals surface area contributed by atoms with E-state index in [2.05, 4.69) is 27.9 Å². The van der Waals surface area contributed by atoms with Crippen LogP contribution in [0.4, 0.5) is 5.69 Å². The van der Waals surface area contributed by atoms with Gasteiger partial charge in [0.25, 0.3) is 5.56 Å². The van der Waals surface area contributed by atoms with Crippen molar-refractivity contribution in [3.05, 3.63) is 91.8 Å². The molecule has 0 fully saturated rings. The summed E-state index contributed by atoms with van der Waals surface area (Å²) in [5.41, 5.74) is 4.10. The second kappa shape index (κ2) is 9.23. The summed E-state index contributed by atoms with van der Waals surface area (Å²) in [6.07, 6.45) is 0. The zero-order chi connectivity index (χ0) is 22.0. The molecule has 1 amide bonds. The molecule has 0 aliphatic carbocycles. The SMILES string of the molecule is Cc1cccc(-n2c(SCC(=O)Nc3ccc(I)cc3)nc3ccccc3c2=O)c1C. The Morgan fingerprint density at radius 3 is 2.55 bits per heavy atom. The van der Waals surface area contributed by atoms with E-state index in [-0.39, 0.29) is 17.2 Å². The minimum Gasteiger partial charge on any atom is -0.325 e. The molecule has 0 bridgehead atoms. The third-order valence-corrected chi connectivity index (χ3v) is 6.68. The zero-order valence-corrected chi connectivity index (χ0v) is 20.0. The molecule has 1 heterocycles. The molecule has 0 radical (unpaired) electrons. The molecule has 5 nitrogen and oxygen atoms in total. The fourth-order valence-electron chi connectivity index (χ4n) is 3.26. The quantitative estimate of drug-likeness (QED) is 0.211. The number of aryl methyl sites for hydroxylation is 1. The van der Waals surface area contributed by atoms with Crippen LogP contribution in [-0.4, -0.2) is 21.2 Å². The van der Waals surface area contributed by atoms with Gasteiger partial charge in [-0.25, -0.2) is 4.98 Å². The molecule has 31 heavy (non-hydrogen) atoms. The Labute approximate surface area is 198 Å². The number of para-hydroxylation sites is 1. The number of carbonyl (C=O) groups is 1. The molecule has 0 spiro atoms. The highest BCUT2D eigenvalue weighted by atomic mass is 127. The van der Waals surface area contributed by atoms with Crippen molar-refractivity contribution in [2.45, 2.75) is 19.0 Å². The molecular formula is C24H20IN3O2S. The normalized spacial score (nSPS) is 10.9. The number of anilines is 1. The summed E-state index contributed by atoms with van der Waals surface area (Å²) in [6.45, 7) is 4.00. The standard InChI is InChI=1S/C24H20IN3O2S/c1-15-6-5-9-21(16(15)2)28-23(30)19-7-3-4-8-20(19)27-24(28)31-14-22(29)26-18-12-10-17(25)11-13-18/h3-13H,14H2,1-2H3,(H,26,29). The molecule has 0 aliphatic rings. The first kappa shape index (κ1) is 21.6. The lowest BCUT2D eigenvalue weighted by Gasteiger charge is -2.16. The van der Waals surface area contributed by atoms with Gasteiger partial charge in [-0.3, -0.25) is 14.2 Å². The van der Waals surface area contributed by atoms with Gasteiger partial charge in [0.1, 0.15) is 0 Å². The third-order valence-electron chi connectivity index (χ3n) is 5.02. The van der Waals surface area contributed by atoms with E-state index < -0.39 is 0 Å². The summed E-state index contributed by atoms with van der Waals surface area (Å²) in [5, 5.41) is 3.94. The Balaban J connectivity index is 1.71. The van der Waals surface area contributed by atoms with Gasteiger partial charge in [0.05, 0.1) is 22.3 Å². The molecule has 1 aromatic heterocycles. The molecular weight excluding hydrogens is 521 g/mol. The van der Waals surface area contributed by atoms with E-state index >= 15 is 0 Å². The summed E-state index contributed by atoms with van der Waals surface area (Å²) in [6, 6.07) is 20.8. The summed E-state index contributed by atoms with van der Waals surface area (Å²) in [5.74, 6) is -0.0112. The fraction of sp³-hybridized carbons (Fsp3) is 0.125. The second-order valence-electron chi connectivity index (χ2n) is 7.11. The smallest absolute Gasteiger partial charge is 0.266 e. The number of benzene rings is 3. The van der Waals surface area contributed by atoms with E-state index in [0.717, 1.165) is 26.1 Å². The van der Waals surface area contributed by atoms with Gasteiger partial charge < -0.3 is 5.32 Å². The Bertz CT molecular complexity index is 1330. The molecule has 0 unspecified atom stereocenters. The van der Waals surface area contributed by atoms with Crippen LogP contribution >= 0.6 is 34.4 Å². The third kappa shape index (κ3) is 4.67. The summed E-state index contributed by atoms with van der Waals surface area (Å²) in [7, 11) is 0. The largest absolute Gasteiger partial charge is 0.325 e. The van der Waals surface area contributed by atoms with Crippen molar-refractivity contribution in [1.29, 1.82) is 0 Å². The van der Waals surface area contributed by atoms with Crippen molar-refractivity contribution in [3.8, 4) is 5.69 Å². The number of hydrogen-bond donors (Lipinski definition) is 1. The predicted octanol–water partition coefficient (Wildman–Crippen LogP) is 5.34. The first-order valence-electron chi connectivity index (χ1n) is 9.70. The number of carbonyl (C=O) groups excluding carboxylic acids is 1. The highest BCUT2D eigenvalue weighted by Crippen LogP contribution is 2.24. The molecule has 1 N–H and O–H groups in total. The topological polar surface area (TPSA) is 64.0 Å². The van der Waals surface area contributed by atoms with E-state index in [9.17, 15) is 9.59 Å². The van der Waals surface area contributed by atoms with Crippen molar-refractivity contribution in [3.63, 3.8) is 0 Å². The fourth-order valence-corrected chi connectivity index (χ4v) is 4.43. The maximum absolute atomic E-state index is 13.4. The van der Waals surface area contributed by atoms with Gasteiger partial charge in [-0.1, -0.05) is 36.0 Å². The van der Waals surface area contributed by atoms with Gasteiger partial charge in [0.15, 0.2) is 5.16 Å². The molecule has 4 aromatic rings. The number of thioether (sulfide) groups is 1. The average molecular weight is 541 g/mol. The molecule has 3 aromatic carbocycles. The van der Waals surface area contributed by atoms with Gasteiger partial charge >= 0.3 is 0 Å². The van der Waals surface area contributed by atoms with Gasteiger partial charge in [-0.05, 0) is 90.0 Å². The monoisotopic (exact) mass is 541 g/mol. The Morgan fingerprint density at radius 2 is 1.77 bits per heavy atom. The lowest BCUT2D eigenvalue weighted by molar-refractivity contribution is -0.113. The first-order valence-corrected chi connectivity index (χ1v) is 11.8. The number of aromatic nitrogens is 2.